The number of carbonyl (C=O) groups excluding carboxylic acids is 1. The number of hydrogen-bond acceptors (Lipinski definition) is 6. The molecule has 1 fully saturated rings. The molecule has 0 bridgehead atoms. The summed E-state index contributed by atoms with van der Waals surface area (Å²) in [7, 11) is -3.65. The Morgan fingerprint density at radius 3 is 2.36 bits per heavy atom. The zero-order chi connectivity index (χ0) is 23.3. The van der Waals surface area contributed by atoms with Gasteiger partial charge in [-0.25, -0.2) is 8.42 Å². The van der Waals surface area contributed by atoms with Crippen LogP contribution in [0.3, 0.4) is 0 Å². The second kappa shape index (κ2) is 10.5. The van der Waals surface area contributed by atoms with Gasteiger partial charge in [-0.2, -0.15) is 4.31 Å². The molecular formula is C24H31N3O5S. The van der Waals surface area contributed by atoms with E-state index in [0.29, 0.717) is 70.5 Å². The molecule has 178 valence electrons. The number of sulfonamides is 1. The van der Waals surface area contributed by atoms with Crippen molar-refractivity contribution in [2.45, 2.75) is 24.8 Å². The molecule has 0 N–H and O–H groups in total. The number of likely N-dealkylation sites (N-methyl/N-ethyl adjacent to an activating group) is 1. The van der Waals surface area contributed by atoms with Gasteiger partial charge in [-0.15, -0.1) is 0 Å². The molecule has 2 aromatic carbocycles. The first-order valence-electron chi connectivity index (χ1n) is 11.4. The lowest BCUT2D eigenvalue weighted by Crippen LogP contribution is -2.51. The van der Waals surface area contributed by atoms with E-state index in [1.54, 1.807) is 18.2 Å². The van der Waals surface area contributed by atoms with Crippen LogP contribution < -0.4 is 9.47 Å². The van der Waals surface area contributed by atoms with Crippen molar-refractivity contribution in [3.63, 3.8) is 0 Å². The monoisotopic (exact) mass is 473 g/mol. The molecule has 33 heavy (non-hydrogen) atoms. The SMILES string of the molecule is CCN(Cc1ccccc1)C(=O)CN1CCN(S(=O)(=O)c2ccc3c(c2)OCCCO3)CC1. The smallest absolute Gasteiger partial charge is 0.243 e. The van der Waals surface area contributed by atoms with E-state index >= 15 is 0 Å². The topological polar surface area (TPSA) is 79.4 Å². The molecule has 8 nitrogen and oxygen atoms in total. The molecule has 1 amide bonds. The van der Waals surface area contributed by atoms with Crippen LogP contribution in [0.4, 0.5) is 0 Å². The first-order chi connectivity index (χ1) is 16.0. The van der Waals surface area contributed by atoms with Gasteiger partial charge in [0.1, 0.15) is 0 Å². The summed E-state index contributed by atoms with van der Waals surface area (Å²) in [6.07, 6.45) is 0.762. The minimum atomic E-state index is -3.65. The van der Waals surface area contributed by atoms with Crippen molar-refractivity contribution in [3.05, 3.63) is 54.1 Å². The summed E-state index contributed by atoms with van der Waals surface area (Å²) >= 11 is 0. The molecule has 9 heteroatoms. The lowest BCUT2D eigenvalue weighted by atomic mass is 10.2. The van der Waals surface area contributed by atoms with Crippen molar-refractivity contribution in [1.29, 1.82) is 0 Å². The second-order valence-corrected chi connectivity index (χ2v) is 10.2. The Kier molecular flexibility index (Phi) is 7.52. The van der Waals surface area contributed by atoms with Crippen LogP contribution in [0.2, 0.25) is 0 Å². The zero-order valence-electron chi connectivity index (χ0n) is 19.0. The molecule has 2 heterocycles. The molecule has 2 aromatic rings. The Hall–Kier alpha value is -2.62. The molecule has 0 spiro atoms. The minimum Gasteiger partial charge on any atom is -0.490 e. The van der Waals surface area contributed by atoms with Gasteiger partial charge in [0.15, 0.2) is 11.5 Å². The Morgan fingerprint density at radius 1 is 0.970 bits per heavy atom. The van der Waals surface area contributed by atoms with Gasteiger partial charge in [-0.3, -0.25) is 9.69 Å². The van der Waals surface area contributed by atoms with E-state index < -0.39 is 10.0 Å². The summed E-state index contributed by atoms with van der Waals surface area (Å²) in [5.41, 5.74) is 1.10. The summed E-state index contributed by atoms with van der Waals surface area (Å²) < 4.78 is 39.1. The van der Waals surface area contributed by atoms with Crippen molar-refractivity contribution in [2.75, 3.05) is 52.5 Å². The zero-order valence-corrected chi connectivity index (χ0v) is 19.8. The van der Waals surface area contributed by atoms with Crippen molar-refractivity contribution < 1.29 is 22.7 Å². The molecule has 2 aliphatic heterocycles. The fourth-order valence-electron chi connectivity index (χ4n) is 4.05. The van der Waals surface area contributed by atoms with Gasteiger partial charge in [-0.1, -0.05) is 30.3 Å². The van der Waals surface area contributed by atoms with Gasteiger partial charge in [0.25, 0.3) is 0 Å². The minimum absolute atomic E-state index is 0.0561. The third kappa shape index (κ3) is 5.66. The fourth-order valence-corrected chi connectivity index (χ4v) is 5.49. The van der Waals surface area contributed by atoms with E-state index in [1.165, 1.54) is 4.31 Å². The highest BCUT2D eigenvalue weighted by molar-refractivity contribution is 7.89. The maximum atomic E-state index is 13.2. The molecule has 4 rings (SSSR count). The standard InChI is InChI=1S/C24H31N3O5S/c1-2-26(18-20-7-4-3-5-8-20)24(28)19-25-11-13-27(14-12-25)33(29,30)21-9-10-22-23(17-21)32-16-6-15-31-22/h3-5,7-10,17H,2,6,11-16,18-19H2,1H3. The van der Waals surface area contributed by atoms with Gasteiger partial charge in [-0.05, 0) is 24.6 Å². The van der Waals surface area contributed by atoms with Crippen molar-refractivity contribution >= 4 is 15.9 Å². The molecule has 0 atom stereocenters. The van der Waals surface area contributed by atoms with Crippen LogP contribution in [0.15, 0.2) is 53.4 Å². The summed E-state index contributed by atoms with van der Waals surface area (Å²) in [6, 6.07) is 14.7. The highest BCUT2D eigenvalue weighted by Gasteiger charge is 2.30. The third-order valence-corrected chi connectivity index (χ3v) is 7.89. The highest BCUT2D eigenvalue weighted by Crippen LogP contribution is 2.33. The largest absolute Gasteiger partial charge is 0.490 e. The molecule has 1 saturated heterocycles. The van der Waals surface area contributed by atoms with E-state index in [9.17, 15) is 13.2 Å². The molecule has 0 saturated carbocycles. The molecule has 0 unspecified atom stereocenters. The first kappa shape index (κ1) is 23.5. The number of nitrogens with zero attached hydrogens (tertiary/aromatic N) is 3. The summed E-state index contributed by atoms with van der Waals surface area (Å²) in [5.74, 6) is 1.10. The maximum Gasteiger partial charge on any atom is 0.243 e. The number of piperazine rings is 1. The fraction of sp³-hybridized carbons (Fsp3) is 0.458. The van der Waals surface area contributed by atoms with E-state index in [2.05, 4.69) is 0 Å². The van der Waals surface area contributed by atoms with Crippen LogP contribution in [0.5, 0.6) is 11.5 Å². The van der Waals surface area contributed by atoms with Crippen LogP contribution in [0, 0.1) is 0 Å². The number of amides is 1. The van der Waals surface area contributed by atoms with Crippen LogP contribution in [0.1, 0.15) is 18.9 Å². The average molecular weight is 474 g/mol. The predicted molar refractivity (Wildman–Crippen MR) is 125 cm³/mol. The molecular weight excluding hydrogens is 442 g/mol. The van der Waals surface area contributed by atoms with E-state index in [0.717, 1.165) is 12.0 Å². The number of hydrogen-bond donors (Lipinski definition) is 0. The van der Waals surface area contributed by atoms with Crippen molar-refractivity contribution in [1.82, 2.24) is 14.1 Å². The van der Waals surface area contributed by atoms with Crippen molar-refractivity contribution in [3.8, 4) is 11.5 Å². The Morgan fingerprint density at radius 2 is 1.67 bits per heavy atom. The number of carbonyl (C=O) groups is 1. The van der Waals surface area contributed by atoms with Gasteiger partial charge < -0.3 is 14.4 Å². The van der Waals surface area contributed by atoms with E-state index in [1.807, 2.05) is 47.1 Å². The number of rotatable bonds is 7. The summed E-state index contributed by atoms with van der Waals surface area (Å²) in [6.45, 7) is 6.24. The molecule has 0 radical (unpaired) electrons. The van der Waals surface area contributed by atoms with E-state index in [-0.39, 0.29) is 10.8 Å². The molecule has 0 aromatic heterocycles. The lowest BCUT2D eigenvalue weighted by Gasteiger charge is -2.34. The van der Waals surface area contributed by atoms with Crippen LogP contribution in [0.25, 0.3) is 0 Å². The van der Waals surface area contributed by atoms with Crippen molar-refractivity contribution in [2.24, 2.45) is 0 Å². The van der Waals surface area contributed by atoms with E-state index in [4.69, 9.17) is 9.47 Å². The van der Waals surface area contributed by atoms with Crippen LogP contribution in [-0.2, 0) is 21.4 Å². The van der Waals surface area contributed by atoms with Crippen LogP contribution >= 0.6 is 0 Å². The number of benzene rings is 2. The Labute approximate surface area is 195 Å². The van der Waals surface area contributed by atoms with Crippen LogP contribution in [-0.4, -0.2) is 80.9 Å². The van der Waals surface area contributed by atoms with Gasteiger partial charge in [0, 0.05) is 51.8 Å². The lowest BCUT2D eigenvalue weighted by molar-refractivity contribution is -0.133. The average Bonchev–Trinajstić information content (AvgIpc) is 3.08. The molecule has 0 aliphatic carbocycles. The Balaban J connectivity index is 1.34. The molecule has 2 aliphatic rings. The highest BCUT2D eigenvalue weighted by atomic mass is 32.2. The van der Waals surface area contributed by atoms with Gasteiger partial charge in [0.05, 0.1) is 24.7 Å². The van der Waals surface area contributed by atoms with Gasteiger partial charge in [0.2, 0.25) is 15.9 Å². The normalized spacial score (nSPS) is 17.4. The summed E-state index contributed by atoms with van der Waals surface area (Å²) in [4.78, 5) is 16.9. The Bertz CT molecular complexity index is 1050. The first-order valence-corrected chi connectivity index (χ1v) is 12.8. The third-order valence-electron chi connectivity index (χ3n) is 6.00. The quantitative estimate of drug-likeness (QED) is 0.614. The van der Waals surface area contributed by atoms with Gasteiger partial charge >= 0.3 is 0 Å². The summed E-state index contributed by atoms with van der Waals surface area (Å²) in [5, 5.41) is 0. The predicted octanol–water partition coefficient (Wildman–Crippen LogP) is 2.20. The number of ether oxygens (including phenoxy) is 2. The number of fused-ring (bicyclic) bond motifs is 1. The second-order valence-electron chi connectivity index (χ2n) is 8.23. The maximum absolute atomic E-state index is 13.2.